The van der Waals surface area contributed by atoms with Gasteiger partial charge in [0.2, 0.25) is 0 Å². The first kappa shape index (κ1) is 12.9. The van der Waals surface area contributed by atoms with Crippen molar-refractivity contribution in [2.45, 2.75) is 37.8 Å². The minimum absolute atomic E-state index is 0.811. The monoisotopic (exact) mass is 252 g/mol. The smallest absolute Gasteiger partial charge is 0.0224 e. The second kappa shape index (κ2) is 5.87. The number of nitrogens with zero attached hydrogens (tertiary/aromatic N) is 3. The van der Waals surface area contributed by atoms with E-state index < -0.39 is 0 Å². The number of piperazine rings is 1. The van der Waals surface area contributed by atoms with E-state index in [4.69, 9.17) is 5.73 Å². The van der Waals surface area contributed by atoms with Crippen LogP contribution < -0.4 is 5.73 Å². The molecule has 104 valence electrons. The molecule has 0 aromatic carbocycles. The SMILES string of the molecule is NCCN1CCC(N2CCN3CCCC3C2)CC1. The highest BCUT2D eigenvalue weighted by atomic mass is 15.3. The van der Waals surface area contributed by atoms with Crippen molar-refractivity contribution in [3.8, 4) is 0 Å². The normalized spacial score (nSPS) is 32.8. The predicted molar refractivity (Wildman–Crippen MR) is 74.7 cm³/mol. The van der Waals surface area contributed by atoms with E-state index in [-0.39, 0.29) is 0 Å². The second-order valence-corrected chi connectivity index (χ2v) is 6.19. The summed E-state index contributed by atoms with van der Waals surface area (Å²) < 4.78 is 0. The third-order valence-corrected chi connectivity index (χ3v) is 5.14. The highest BCUT2D eigenvalue weighted by molar-refractivity contribution is 4.90. The molecule has 4 nitrogen and oxygen atoms in total. The molecule has 3 saturated heterocycles. The Morgan fingerprint density at radius 1 is 0.833 bits per heavy atom. The van der Waals surface area contributed by atoms with E-state index in [0.29, 0.717) is 0 Å². The average molecular weight is 252 g/mol. The van der Waals surface area contributed by atoms with Gasteiger partial charge in [-0.15, -0.1) is 0 Å². The van der Waals surface area contributed by atoms with E-state index in [9.17, 15) is 0 Å². The molecule has 0 saturated carbocycles. The summed E-state index contributed by atoms with van der Waals surface area (Å²) in [7, 11) is 0. The molecule has 0 aromatic heterocycles. The Labute approximate surface area is 111 Å². The highest BCUT2D eigenvalue weighted by Gasteiger charge is 2.34. The van der Waals surface area contributed by atoms with Gasteiger partial charge in [0.05, 0.1) is 0 Å². The molecule has 3 fully saturated rings. The summed E-state index contributed by atoms with van der Waals surface area (Å²) in [6.45, 7) is 9.72. The molecule has 3 aliphatic rings. The van der Waals surface area contributed by atoms with Gasteiger partial charge in [-0.25, -0.2) is 0 Å². The van der Waals surface area contributed by atoms with Crippen LogP contribution in [0.3, 0.4) is 0 Å². The lowest BCUT2D eigenvalue weighted by Gasteiger charge is -2.44. The number of nitrogens with two attached hydrogens (primary N) is 1. The van der Waals surface area contributed by atoms with Crippen molar-refractivity contribution in [1.29, 1.82) is 0 Å². The Morgan fingerprint density at radius 2 is 1.61 bits per heavy atom. The van der Waals surface area contributed by atoms with E-state index in [0.717, 1.165) is 25.2 Å². The molecule has 0 bridgehead atoms. The largest absolute Gasteiger partial charge is 0.329 e. The lowest BCUT2D eigenvalue weighted by molar-refractivity contribution is 0.0425. The van der Waals surface area contributed by atoms with Gasteiger partial charge >= 0.3 is 0 Å². The van der Waals surface area contributed by atoms with E-state index >= 15 is 0 Å². The molecular formula is C14H28N4. The number of rotatable bonds is 3. The number of fused-ring (bicyclic) bond motifs is 1. The summed E-state index contributed by atoms with van der Waals surface area (Å²) >= 11 is 0. The van der Waals surface area contributed by atoms with Gasteiger partial charge in [0, 0.05) is 44.8 Å². The van der Waals surface area contributed by atoms with Crippen molar-refractivity contribution < 1.29 is 0 Å². The summed E-state index contributed by atoms with van der Waals surface area (Å²) in [6, 6.07) is 1.72. The maximum absolute atomic E-state index is 5.64. The lowest BCUT2D eigenvalue weighted by atomic mass is 10.0. The zero-order valence-corrected chi connectivity index (χ0v) is 11.6. The molecule has 4 heteroatoms. The summed E-state index contributed by atoms with van der Waals surface area (Å²) in [4.78, 5) is 8.02. The zero-order valence-electron chi connectivity index (χ0n) is 11.6. The van der Waals surface area contributed by atoms with Gasteiger partial charge in [0.25, 0.3) is 0 Å². The minimum Gasteiger partial charge on any atom is -0.329 e. The molecule has 0 radical (unpaired) electrons. The van der Waals surface area contributed by atoms with Crippen LogP contribution >= 0.6 is 0 Å². The molecule has 0 spiro atoms. The molecular weight excluding hydrogens is 224 g/mol. The molecule has 3 heterocycles. The summed E-state index contributed by atoms with van der Waals surface area (Å²) in [5.74, 6) is 0. The Hall–Kier alpha value is -0.160. The summed E-state index contributed by atoms with van der Waals surface area (Å²) in [6.07, 6.45) is 5.56. The Bertz CT molecular complexity index is 263. The standard InChI is InChI=1S/C14H28N4/c15-5-9-16-7-3-13(4-8-16)18-11-10-17-6-1-2-14(17)12-18/h13-14H,1-12,15H2. The van der Waals surface area contributed by atoms with Crippen molar-refractivity contribution >= 4 is 0 Å². The van der Waals surface area contributed by atoms with Crippen LogP contribution in [0.2, 0.25) is 0 Å². The average Bonchev–Trinajstić information content (AvgIpc) is 2.87. The first-order chi connectivity index (χ1) is 8.86. The van der Waals surface area contributed by atoms with Crippen molar-refractivity contribution in [1.82, 2.24) is 14.7 Å². The zero-order chi connectivity index (χ0) is 12.4. The number of hydrogen-bond acceptors (Lipinski definition) is 4. The quantitative estimate of drug-likeness (QED) is 0.778. The second-order valence-electron chi connectivity index (χ2n) is 6.19. The Kier molecular flexibility index (Phi) is 4.19. The van der Waals surface area contributed by atoms with Crippen molar-refractivity contribution in [3.05, 3.63) is 0 Å². The molecule has 3 rings (SSSR count). The summed E-state index contributed by atoms with van der Waals surface area (Å²) in [5.41, 5.74) is 5.64. The van der Waals surface area contributed by atoms with Gasteiger partial charge in [-0.05, 0) is 45.3 Å². The number of likely N-dealkylation sites (tertiary alicyclic amines) is 1. The van der Waals surface area contributed by atoms with Crippen LogP contribution in [0.4, 0.5) is 0 Å². The first-order valence-electron chi connectivity index (χ1n) is 7.77. The summed E-state index contributed by atoms with van der Waals surface area (Å²) in [5, 5.41) is 0. The van der Waals surface area contributed by atoms with Crippen molar-refractivity contribution in [3.63, 3.8) is 0 Å². The van der Waals surface area contributed by atoms with Crippen LogP contribution in [-0.2, 0) is 0 Å². The Morgan fingerprint density at radius 3 is 2.39 bits per heavy atom. The topological polar surface area (TPSA) is 35.7 Å². The van der Waals surface area contributed by atoms with Crippen molar-refractivity contribution in [2.75, 3.05) is 52.4 Å². The fourth-order valence-electron chi connectivity index (χ4n) is 4.04. The fourth-order valence-corrected chi connectivity index (χ4v) is 4.04. The fraction of sp³-hybridized carbons (Fsp3) is 1.00. The van der Waals surface area contributed by atoms with Gasteiger partial charge in [-0.3, -0.25) is 9.80 Å². The lowest BCUT2D eigenvalue weighted by Crippen LogP contribution is -2.55. The van der Waals surface area contributed by atoms with Gasteiger partial charge in [0.1, 0.15) is 0 Å². The maximum Gasteiger partial charge on any atom is 0.0224 e. The molecule has 0 amide bonds. The van der Waals surface area contributed by atoms with Gasteiger partial charge in [-0.2, -0.15) is 0 Å². The molecule has 1 unspecified atom stereocenters. The van der Waals surface area contributed by atoms with E-state index in [1.54, 1.807) is 0 Å². The molecule has 18 heavy (non-hydrogen) atoms. The van der Waals surface area contributed by atoms with Crippen LogP contribution in [0, 0.1) is 0 Å². The minimum atomic E-state index is 0.811. The van der Waals surface area contributed by atoms with E-state index in [1.807, 2.05) is 0 Å². The van der Waals surface area contributed by atoms with Crippen LogP contribution in [0.1, 0.15) is 25.7 Å². The molecule has 1 atom stereocenters. The predicted octanol–water partition coefficient (Wildman–Crippen LogP) is 0.190. The van der Waals surface area contributed by atoms with Crippen LogP contribution in [0.15, 0.2) is 0 Å². The molecule has 0 aliphatic carbocycles. The molecule has 2 N–H and O–H groups in total. The molecule has 3 aliphatic heterocycles. The number of piperidine rings is 1. The van der Waals surface area contributed by atoms with Crippen molar-refractivity contribution in [2.24, 2.45) is 5.73 Å². The van der Waals surface area contributed by atoms with Crippen LogP contribution in [0.5, 0.6) is 0 Å². The number of hydrogen-bond donors (Lipinski definition) is 1. The maximum atomic E-state index is 5.64. The van der Waals surface area contributed by atoms with E-state index in [2.05, 4.69) is 14.7 Å². The third-order valence-electron chi connectivity index (χ3n) is 5.14. The first-order valence-corrected chi connectivity index (χ1v) is 7.77. The van der Waals surface area contributed by atoms with Gasteiger partial charge in [0.15, 0.2) is 0 Å². The van der Waals surface area contributed by atoms with Crippen LogP contribution in [-0.4, -0.2) is 79.1 Å². The molecule has 0 aromatic rings. The van der Waals surface area contributed by atoms with Gasteiger partial charge in [-0.1, -0.05) is 0 Å². The third kappa shape index (κ3) is 2.72. The van der Waals surface area contributed by atoms with Gasteiger partial charge < -0.3 is 10.6 Å². The highest BCUT2D eigenvalue weighted by Crippen LogP contribution is 2.25. The van der Waals surface area contributed by atoms with Crippen LogP contribution in [0.25, 0.3) is 0 Å². The Balaban J connectivity index is 1.48. The van der Waals surface area contributed by atoms with E-state index in [1.165, 1.54) is 65.0 Å².